The number of aromatic nitrogens is 4. The first-order valence-corrected chi connectivity index (χ1v) is 12.5. The summed E-state index contributed by atoms with van der Waals surface area (Å²) in [5.41, 5.74) is 5.40. The molecule has 1 atom stereocenters. The number of halogens is 3. The van der Waals surface area contributed by atoms with Crippen LogP contribution in [-0.4, -0.2) is 19.5 Å². The Morgan fingerprint density at radius 3 is 2.80 bits per heavy atom. The fraction of sp³-hybridized carbons (Fsp3) is 0. The normalized spacial score (nSPS) is 11.6. The maximum atomic E-state index is 6.17. The van der Waals surface area contributed by atoms with Gasteiger partial charge in [-0.05, 0) is 68.3 Å². The zero-order chi connectivity index (χ0) is 17.4. The fourth-order valence-electron chi connectivity index (χ4n) is 2.59. The highest BCUT2D eigenvalue weighted by atomic mass is 127. The maximum absolute atomic E-state index is 6.17. The molecular formula is C17H10BrClIN4P. The number of hydrogen-bond acceptors (Lipinski definition) is 3. The van der Waals surface area contributed by atoms with E-state index in [-0.39, 0.29) is 0 Å². The molecule has 0 aliphatic heterocycles. The second-order valence-electron chi connectivity index (χ2n) is 5.32. The van der Waals surface area contributed by atoms with Crippen LogP contribution < -0.4 is 0 Å². The van der Waals surface area contributed by atoms with Gasteiger partial charge in [-0.15, -0.1) is 0 Å². The number of fused-ring (bicyclic) bond motifs is 1. The van der Waals surface area contributed by atoms with Crippen molar-refractivity contribution in [2.75, 3.05) is 0 Å². The van der Waals surface area contributed by atoms with Crippen molar-refractivity contribution in [3.63, 3.8) is 0 Å². The minimum Gasteiger partial charge on any atom is -0.253 e. The molecule has 8 heteroatoms. The third-order valence-electron chi connectivity index (χ3n) is 3.68. The SMILES string of the molecule is Clc1cccc(-c2nn(PI)cc2-c2ccc3ncc(Br)cc3n2)c1. The molecule has 0 fully saturated rings. The Morgan fingerprint density at radius 2 is 2.00 bits per heavy atom. The van der Waals surface area contributed by atoms with Gasteiger partial charge in [0.25, 0.3) is 0 Å². The Hall–Kier alpha value is -1.08. The van der Waals surface area contributed by atoms with Gasteiger partial charge in [0.1, 0.15) is 5.69 Å². The molecule has 0 bridgehead atoms. The molecule has 0 amide bonds. The average Bonchev–Trinajstić information content (AvgIpc) is 3.05. The molecule has 1 unspecified atom stereocenters. The zero-order valence-corrected chi connectivity index (χ0v) is 18.1. The number of nitrogens with zero attached hydrogens (tertiary/aromatic N) is 4. The molecule has 0 saturated heterocycles. The third-order valence-corrected chi connectivity index (χ3v) is 6.23. The molecule has 4 nitrogen and oxygen atoms in total. The van der Waals surface area contributed by atoms with E-state index in [1.807, 2.05) is 53.1 Å². The van der Waals surface area contributed by atoms with Gasteiger partial charge in [0, 0.05) is 33.0 Å². The van der Waals surface area contributed by atoms with Crippen molar-refractivity contribution >= 4 is 67.0 Å². The van der Waals surface area contributed by atoms with Gasteiger partial charge < -0.3 is 0 Å². The lowest BCUT2D eigenvalue weighted by atomic mass is 10.1. The molecule has 124 valence electrons. The number of hydrogen-bond donors (Lipinski definition) is 0. The van der Waals surface area contributed by atoms with Crippen LogP contribution in [0.3, 0.4) is 0 Å². The Balaban J connectivity index is 1.91. The van der Waals surface area contributed by atoms with Crippen LogP contribution in [0.1, 0.15) is 0 Å². The summed E-state index contributed by atoms with van der Waals surface area (Å²) in [6.07, 6.45) is 4.31. The van der Waals surface area contributed by atoms with Crippen LogP contribution in [0.5, 0.6) is 0 Å². The lowest BCUT2D eigenvalue weighted by Crippen LogP contribution is -1.89. The first-order chi connectivity index (χ1) is 12.1. The van der Waals surface area contributed by atoms with Crippen LogP contribution in [0.25, 0.3) is 33.5 Å². The largest absolute Gasteiger partial charge is 0.253 e. The minimum atomic E-state index is 0.509. The summed E-state index contributed by atoms with van der Waals surface area (Å²) in [5, 5.41) is 5.40. The molecule has 0 saturated carbocycles. The van der Waals surface area contributed by atoms with Crippen molar-refractivity contribution in [3.05, 3.63) is 64.4 Å². The summed E-state index contributed by atoms with van der Waals surface area (Å²) >= 11 is 11.9. The van der Waals surface area contributed by atoms with Gasteiger partial charge in [-0.25, -0.2) is 9.44 Å². The lowest BCUT2D eigenvalue weighted by Gasteiger charge is -2.04. The number of rotatable bonds is 3. The predicted octanol–water partition coefficient (Wildman–Crippen LogP) is 6.37. The second-order valence-corrected chi connectivity index (χ2v) is 8.75. The minimum absolute atomic E-state index is 0.509. The molecule has 1 aromatic carbocycles. The maximum Gasteiger partial charge on any atom is 0.102 e. The van der Waals surface area contributed by atoms with Crippen molar-refractivity contribution in [2.45, 2.75) is 0 Å². The van der Waals surface area contributed by atoms with Crippen LogP contribution in [0, 0.1) is 0 Å². The van der Waals surface area contributed by atoms with Gasteiger partial charge in [-0.3, -0.25) is 4.98 Å². The van der Waals surface area contributed by atoms with E-state index >= 15 is 0 Å². The van der Waals surface area contributed by atoms with Gasteiger partial charge >= 0.3 is 0 Å². The monoisotopic (exact) mass is 542 g/mol. The molecule has 0 spiro atoms. The van der Waals surface area contributed by atoms with E-state index in [1.165, 1.54) is 0 Å². The summed E-state index contributed by atoms with van der Waals surface area (Å²) in [6, 6.07) is 13.7. The molecule has 0 aliphatic carbocycles. The lowest BCUT2D eigenvalue weighted by molar-refractivity contribution is 1.02. The molecule has 0 aliphatic rings. The Morgan fingerprint density at radius 1 is 1.12 bits per heavy atom. The Bertz CT molecular complexity index is 1090. The van der Waals surface area contributed by atoms with Crippen LogP contribution in [0.4, 0.5) is 0 Å². The van der Waals surface area contributed by atoms with Crippen molar-refractivity contribution in [3.8, 4) is 22.5 Å². The molecular weight excluding hydrogens is 533 g/mol. The Labute approximate surface area is 172 Å². The molecule has 3 heterocycles. The molecule has 4 aromatic rings. The predicted molar refractivity (Wildman–Crippen MR) is 117 cm³/mol. The molecule has 0 N–H and O–H groups in total. The quantitative estimate of drug-likeness (QED) is 0.223. The highest BCUT2D eigenvalue weighted by Gasteiger charge is 2.15. The summed E-state index contributed by atoms with van der Waals surface area (Å²) in [6.45, 7) is 0. The van der Waals surface area contributed by atoms with Crippen LogP contribution in [0.15, 0.2) is 59.3 Å². The van der Waals surface area contributed by atoms with Crippen LogP contribution >= 0.6 is 55.9 Å². The van der Waals surface area contributed by atoms with Crippen LogP contribution in [0.2, 0.25) is 5.02 Å². The number of benzene rings is 1. The van der Waals surface area contributed by atoms with E-state index in [1.54, 1.807) is 6.20 Å². The molecule has 3 aromatic heterocycles. The van der Waals surface area contributed by atoms with E-state index < -0.39 is 0 Å². The van der Waals surface area contributed by atoms with E-state index in [2.05, 4.69) is 43.0 Å². The highest BCUT2D eigenvalue weighted by Crippen LogP contribution is 2.35. The van der Waals surface area contributed by atoms with E-state index in [9.17, 15) is 0 Å². The van der Waals surface area contributed by atoms with Gasteiger partial charge in [0.15, 0.2) is 0 Å². The van der Waals surface area contributed by atoms with Gasteiger partial charge in [0.2, 0.25) is 0 Å². The summed E-state index contributed by atoms with van der Waals surface area (Å²) < 4.78 is 2.83. The van der Waals surface area contributed by atoms with Gasteiger partial charge in [0.05, 0.1) is 23.1 Å². The smallest absolute Gasteiger partial charge is 0.102 e. The van der Waals surface area contributed by atoms with E-state index in [0.29, 0.717) is 11.4 Å². The summed E-state index contributed by atoms with van der Waals surface area (Å²) in [7, 11) is 0. The number of pyridine rings is 2. The van der Waals surface area contributed by atoms with Crippen LogP contribution in [-0.2, 0) is 0 Å². The van der Waals surface area contributed by atoms with Gasteiger partial charge in [-0.1, -0.05) is 23.7 Å². The topological polar surface area (TPSA) is 43.6 Å². The second kappa shape index (κ2) is 7.27. The van der Waals surface area contributed by atoms with E-state index in [4.69, 9.17) is 21.7 Å². The van der Waals surface area contributed by atoms with Crippen molar-refractivity contribution in [1.82, 2.24) is 19.5 Å². The van der Waals surface area contributed by atoms with Gasteiger partial charge in [-0.2, -0.15) is 5.10 Å². The van der Waals surface area contributed by atoms with Crippen molar-refractivity contribution in [1.29, 1.82) is 0 Å². The summed E-state index contributed by atoms with van der Waals surface area (Å²) in [5.74, 6) is 0. The molecule has 25 heavy (non-hydrogen) atoms. The first-order valence-electron chi connectivity index (χ1n) is 7.29. The van der Waals surface area contributed by atoms with Crippen molar-refractivity contribution < 1.29 is 0 Å². The third kappa shape index (κ3) is 3.58. The first kappa shape index (κ1) is 17.3. The van der Waals surface area contributed by atoms with E-state index in [0.717, 1.165) is 38.0 Å². The fourth-order valence-corrected chi connectivity index (χ4v) is 4.15. The molecule has 4 rings (SSSR count). The zero-order valence-electron chi connectivity index (χ0n) is 12.6. The van der Waals surface area contributed by atoms with Crippen molar-refractivity contribution in [2.24, 2.45) is 0 Å². The molecule has 0 radical (unpaired) electrons. The highest BCUT2D eigenvalue weighted by molar-refractivity contribution is 14.2. The Kier molecular flexibility index (Phi) is 5.04. The summed E-state index contributed by atoms with van der Waals surface area (Å²) in [4.78, 5) is 9.17. The standard InChI is InChI=1S/C17H10BrClIN4P/c18-11-7-16-15(21-8-11)5-4-14(22-16)13-9-24(25-20)23-17(13)10-2-1-3-12(19)6-10/h1-9,25H. The average molecular weight is 544 g/mol.